The lowest BCUT2D eigenvalue weighted by Crippen LogP contribution is -2.45. The average Bonchev–Trinajstić information content (AvgIpc) is 2.90. The van der Waals surface area contributed by atoms with Gasteiger partial charge in [0.15, 0.2) is 0 Å². The van der Waals surface area contributed by atoms with Crippen molar-refractivity contribution in [2.45, 2.75) is 45.6 Å². The lowest BCUT2D eigenvalue weighted by atomic mass is 10.0. The summed E-state index contributed by atoms with van der Waals surface area (Å²) in [5.41, 5.74) is 8.38. The van der Waals surface area contributed by atoms with Crippen LogP contribution in [0.25, 0.3) is 0 Å². The van der Waals surface area contributed by atoms with Crippen molar-refractivity contribution in [1.29, 1.82) is 0 Å². The fraction of sp³-hybridized carbons (Fsp3) is 0.588. The zero-order valence-corrected chi connectivity index (χ0v) is 12.6. The summed E-state index contributed by atoms with van der Waals surface area (Å²) in [7, 11) is 0. The highest BCUT2D eigenvalue weighted by Crippen LogP contribution is 2.28. The monoisotopic (exact) mass is 274 g/mol. The van der Waals surface area contributed by atoms with Crippen LogP contribution in [0.3, 0.4) is 0 Å². The molecule has 0 aromatic heterocycles. The first kappa shape index (κ1) is 15.0. The molecule has 0 atom stereocenters. The van der Waals surface area contributed by atoms with Gasteiger partial charge in [0.25, 0.3) is 0 Å². The van der Waals surface area contributed by atoms with Gasteiger partial charge in [-0.05, 0) is 36.8 Å². The molecular formula is C17H26N2O. The molecule has 0 heterocycles. The lowest BCUT2D eigenvalue weighted by molar-refractivity contribution is -0.137. The maximum atomic E-state index is 12.8. The number of carbonyl (C=O) groups excluding carboxylic acids is 1. The average molecular weight is 274 g/mol. The molecule has 3 nitrogen and oxygen atoms in total. The van der Waals surface area contributed by atoms with Crippen molar-refractivity contribution in [3.63, 3.8) is 0 Å². The minimum atomic E-state index is 0.111. The summed E-state index contributed by atoms with van der Waals surface area (Å²) in [4.78, 5) is 14.9. The van der Waals surface area contributed by atoms with Crippen LogP contribution in [0.1, 0.15) is 37.8 Å². The number of nitrogens with zero attached hydrogens (tertiary/aromatic N) is 1. The Balaban J connectivity index is 2.10. The van der Waals surface area contributed by atoms with Crippen LogP contribution in [-0.2, 0) is 17.6 Å². The molecule has 0 saturated heterocycles. The fourth-order valence-electron chi connectivity index (χ4n) is 3.31. The van der Waals surface area contributed by atoms with Crippen molar-refractivity contribution >= 4 is 5.91 Å². The van der Waals surface area contributed by atoms with E-state index in [4.69, 9.17) is 5.73 Å². The van der Waals surface area contributed by atoms with E-state index in [0.29, 0.717) is 25.0 Å². The highest BCUT2D eigenvalue weighted by Gasteiger charge is 2.32. The van der Waals surface area contributed by atoms with E-state index in [1.54, 1.807) is 0 Å². The van der Waals surface area contributed by atoms with Crippen LogP contribution in [0, 0.1) is 5.92 Å². The number of amides is 1. The van der Waals surface area contributed by atoms with Gasteiger partial charge in [-0.1, -0.05) is 38.1 Å². The van der Waals surface area contributed by atoms with Gasteiger partial charge < -0.3 is 10.6 Å². The Morgan fingerprint density at radius 2 is 1.80 bits per heavy atom. The van der Waals surface area contributed by atoms with E-state index in [2.05, 4.69) is 38.1 Å². The smallest absolute Gasteiger partial charge is 0.226 e. The van der Waals surface area contributed by atoms with Crippen LogP contribution in [0.2, 0.25) is 0 Å². The molecule has 1 amide bonds. The molecule has 20 heavy (non-hydrogen) atoms. The van der Waals surface area contributed by atoms with Crippen molar-refractivity contribution in [3.05, 3.63) is 35.4 Å². The topological polar surface area (TPSA) is 46.3 Å². The lowest BCUT2D eigenvalue weighted by Gasteiger charge is -2.32. The van der Waals surface area contributed by atoms with Crippen molar-refractivity contribution in [1.82, 2.24) is 4.90 Å². The summed E-state index contributed by atoms with van der Waals surface area (Å²) in [6.07, 6.45) is 3.77. The summed E-state index contributed by atoms with van der Waals surface area (Å²) < 4.78 is 0. The molecule has 1 aliphatic carbocycles. The first-order valence-electron chi connectivity index (χ1n) is 7.78. The molecule has 0 aliphatic heterocycles. The van der Waals surface area contributed by atoms with Gasteiger partial charge in [0.2, 0.25) is 5.91 Å². The van der Waals surface area contributed by atoms with Gasteiger partial charge in [0.05, 0.1) is 0 Å². The van der Waals surface area contributed by atoms with E-state index in [9.17, 15) is 4.79 Å². The second-order valence-electron chi connectivity index (χ2n) is 5.66. The van der Waals surface area contributed by atoms with E-state index in [1.165, 1.54) is 11.1 Å². The first-order valence-corrected chi connectivity index (χ1v) is 7.78. The summed E-state index contributed by atoms with van der Waals surface area (Å²) in [6.45, 7) is 5.52. The molecular weight excluding hydrogens is 248 g/mol. The molecule has 3 heteroatoms. The Morgan fingerprint density at radius 3 is 2.25 bits per heavy atom. The predicted molar refractivity (Wildman–Crippen MR) is 82.5 cm³/mol. The molecule has 1 aromatic rings. The third kappa shape index (κ3) is 3.04. The van der Waals surface area contributed by atoms with Gasteiger partial charge in [0, 0.05) is 25.0 Å². The van der Waals surface area contributed by atoms with Gasteiger partial charge in [0.1, 0.15) is 0 Å². The Morgan fingerprint density at radius 1 is 1.25 bits per heavy atom. The van der Waals surface area contributed by atoms with E-state index in [-0.39, 0.29) is 5.92 Å². The van der Waals surface area contributed by atoms with Crippen molar-refractivity contribution in [2.75, 3.05) is 13.1 Å². The molecule has 0 unspecified atom stereocenters. The van der Waals surface area contributed by atoms with E-state index < -0.39 is 0 Å². The Bertz CT molecular complexity index is 429. The number of benzene rings is 1. The largest absolute Gasteiger partial charge is 0.338 e. The molecule has 1 aliphatic rings. The van der Waals surface area contributed by atoms with Crippen LogP contribution in [0.5, 0.6) is 0 Å². The minimum Gasteiger partial charge on any atom is -0.338 e. The van der Waals surface area contributed by atoms with Crippen molar-refractivity contribution in [3.8, 4) is 0 Å². The zero-order valence-electron chi connectivity index (χ0n) is 12.6. The third-order valence-corrected chi connectivity index (χ3v) is 4.44. The van der Waals surface area contributed by atoms with Crippen molar-refractivity contribution < 1.29 is 4.79 Å². The minimum absolute atomic E-state index is 0.111. The Hall–Kier alpha value is -1.35. The van der Waals surface area contributed by atoms with Crippen LogP contribution in [0.15, 0.2) is 24.3 Å². The molecule has 0 bridgehead atoms. The normalized spacial score (nSPS) is 14.6. The molecule has 1 aromatic carbocycles. The molecule has 0 fully saturated rings. The summed E-state index contributed by atoms with van der Waals surface area (Å²) in [5.74, 6) is 0.403. The highest BCUT2D eigenvalue weighted by atomic mass is 16.2. The fourth-order valence-corrected chi connectivity index (χ4v) is 3.31. The van der Waals surface area contributed by atoms with E-state index in [0.717, 1.165) is 25.7 Å². The maximum absolute atomic E-state index is 12.8. The first-order chi connectivity index (χ1) is 9.71. The summed E-state index contributed by atoms with van der Waals surface area (Å²) in [5, 5.41) is 0. The second kappa shape index (κ2) is 6.89. The van der Waals surface area contributed by atoms with Crippen LogP contribution < -0.4 is 5.73 Å². The number of hydrogen-bond acceptors (Lipinski definition) is 2. The number of rotatable bonds is 6. The quantitative estimate of drug-likeness (QED) is 0.865. The molecule has 2 N–H and O–H groups in total. The predicted octanol–water partition coefficient (Wildman–Crippen LogP) is 2.38. The van der Waals surface area contributed by atoms with E-state index >= 15 is 0 Å². The third-order valence-electron chi connectivity index (χ3n) is 4.44. The Kier molecular flexibility index (Phi) is 5.18. The zero-order chi connectivity index (χ0) is 14.5. The number of carbonyl (C=O) groups is 1. The molecule has 0 radical (unpaired) electrons. The number of fused-ring (bicyclic) bond motifs is 1. The van der Waals surface area contributed by atoms with Gasteiger partial charge in [-0.2, -0.15) is 0 Å². The van der Waals surface area contributed by atoms with Gasteiger partial charge in [-0.3, -0.25) is 4.79 Å². The Labute approximate surface area is 122 Å². The molecule has 2 rings (SSSR count). The summed E-state index contributed by atoms with van der Waals surface area (Å²) >= 11 is 0. The number of hydrogen-bond donors (Lipinski definition) is 1. The van der Waals surface area contributed by atoms with Crippen molar-refractivity contribution in [2.24, 2.45) is 11.7 Å². The second-order valence-corrected chi connectivity index (χ2v) is 5.66. The molecule has 110 valence electrons. The van der Waals surface area contributed by atoms with Gasteiger partial charge in [-0.25, -0.2) is 0 Å². The number of nitrogens with two attached hydrogens (primary N) is 1. The standard InChI is InChI=1S/C17H26N2O/c1-3-16(4-2)19(10-9-18)17(20)15-11-13-7-5-6-8-14(13)12-15/h5-8,15-16H,3-4,9-12,18H2,1-2H3. The summed E-state index contributed by atoms with van der Waals surface area (Å²) in [6, 6.07) is 8.74. The maximum Gasteiger partial charge on any atom is 0.226 e. The van der Waals surface area contributed by atoms with Crippen LogP contribution >= 0.6 is 0 Å². The van der Waals surface area contributed by atoms with Crippen LogP contribution in [0.4, 0.5) is 0 Å². The van der Waals surface area contributed by atoms with Crippen LogP contribution in [-0.4, -0.2) is 29.9 Å². The molecule has 0 saturated carbocycles. The van der Waals surface area contributed by atoms with Gasteiger partial charge >= 0.3 is 0 Å². The highest BCUT2D eigenvalue weighted by molar-refractivity contribution is 5.80. The van der Waals surface area contributed by atoms with Gasteiger partial charge in [-0.15, -0.1) is 0 Å². The van der Waals surface area contributed by atoms with E-state index in [1.807, 2.05) is 4.90 Å². The SMILES string of the molecule is CCC(CC)N(CCN)C(=O)C1Cc2ccccc2C1. The molecule has 0 spiro atoms.